The van der Waals surface area contributed by atoms with Gasteiger partial charge >= 0.3 is 6.36 Å². The summed E-state index contributed by atoms with van der Waals surface area (Å²) in [5.41, 5.74) is 1.26. The van der Waals surface area contributed by atoms with E-state index in [1.165, 1.54) is 30.5 Å². The summed E-state index contributed by atoms with van der Waals surface area (Å²) in [6.45, 7) is -1.38. The highest BCUT2D eigenvalue weighted by Crippen LogP contribution is 2.36. The van der Waals surface area contributed by atoms with Gasteiger partial charge in [0.15, 0.2) is 0 Å². The van der Waals surface area contributed by atoms with E-state index >= 15 is 0 Å². The van der Waals surface area contributed by atoms with Crippen LogP contribution < -0.4 is 10.1 Å². The molecule has 1 aliphatic heterocycles. The minimum atomic E-state index is -4.84. The predicted octanol–water partition coefficient (Wildman–Crippen LogP) is 4.50. The van der Waals surface area contributed by atoms with E-state index in [2.05, 4.69) is 15.0 Å². The van der Waals surface area contributed by atoms with Crippen molar-refractivity contribution in [3.05, 3.63) is 78.2 Å². The smallest absolute Gasteiger partial charge is 0.406 e. The quantitative estimate of drug-likeness (QED) is 0.431. The number of benzene rings is 2. The maximum atomic E-state index is 14.2. The van der Waals surface area contributed by atoms with Gasteiger partial charge in [-0.3, -0.25) is 9.78 Å². The van der Waals surface area contributed by atoms with E-state index in [1.54, 1.807) is 0 Å². The van der Waals surface area contributed by atoms with Crippen LogP contribution in [0.1, 0.15) is 12.0 Å². The van der Waals surface area contributed by atoms with Crippen molar-refractivity contribution in [2.75, 3.05) is 6.54 Å². The lowest BCUT2D eigenvalue weighted by molar-refractivity contribution is -0.274. The van der Waals surface area contributed by atoms with Gasteiger partial charge in [-0.25, -0.2) is 21.6 Å². The summed E-state index contributed by atoms with van der Waals surface area (Å²) < 4.78 is 109. The number of sulfonamides is 1. The van der Waals surface area contributed by atoms with Crippen molar-refractivity contribution in [2.45, 2.75) is 36.2 Å². The first-order valence-corrected chi connectivity index (χ1v) is 12.4. The third-order valence-electron chi connectivity index (χ3n) is 5.62. The summed E-state index contributed by atoms with van der Waals surface area (Å²) in [6, 6.07) is 9.84. The maximum Gasteiger partial charge on any atom is 0.573 e. The third kappa shape index (κ3) is 6.42. The molecule has 2 heterocycles. The Morgan fingerprint density at radius 2 is 1.74 bits per heavy atom. The number of alkyl halides is 5. The van der Waals surface area contributed by atoms with Crippen LogP contribution in [-0.2, 0) is 21.4 Å². The summed E-state index contributed by atoms with van der Waals surface area (Å²) in [6.07, 6.45) is -4.49. The van der Waals surface area contributed by atoms with E-state index in [4.69, 9.17) is 0 Å². The van der Waals surface area contributed by atoms with Crippen molar-refractivity contribution < 1.29 is 44.3 Å². The van der Waals surface area contributed by atoms with Crippen LogP contribution in [0.15, 0.2) is 71.8 Å². The Kier molecular flexibility index (Phi) is 7.39. The minimum absolute atomic E-state index is 0.171. The first-order chi connectivity index (χ1) is 17.7. The van der Waals surface area contributed by atoms with Crippen LogP contribution in [0.2, 0.25) is 0 Å². The van der Waals surface area contributed by atoms with E-state index in [1.807, 2.05) is 0 Å². The minimum Gasteiger partial charge on any atom is -0.406 e. The number of halogens is 6. The summed E-state index contributed by atoms with van der Waals surface area (Å²) in [5, 5.41) is 2.44. The van der Waals surface area contributed by atoms with Gasteiger partial charge in [0.2, 0.25) is 15.9 Å². The fourth-order valence-electron chi connectivity index (χ4n) is 3.88. The van der Waals surface area contributed by atoms with Gasteiger partial charge in [0.25, 0.3) is 5.92 Å². The first kappa shape index (κ1) is 27.4. The van der Waals surface area contributed by atoms with Crippen LogP contribution in [0.25, 0.3) is 11.3 Å². The van der Waals surface area contributed by atoms with Gasteiger partial charge in [-0.1, -0.05) is 0 Å². The molecule has 0 radical (unpaired) electrons. The molecule has 1 saturated heterocycles. The molecule has 4 rings (SSSR count). The Balaban J connectivity index is 1.47. The Hall–Kier alpha value is -3.65. The second-order valence-electron chi connectivity index (χ2n) is 8.42. The van der Waals surface area contributed by atoms with E-state index < -0.39 is 63.7 Å². The fraction of sp³-hybridized carbons (Fsp3) is 0.250. The zero-order chi connectivity index (χ0) is 27.7. The molecule has 0 spiro atoms. The maximum absolute atomic E-state index is 14.2. The number of ether oxygens (including phenoxy) is 1. The fourth-order valence-corrected chi connectivity index (χ4v) is 5.50. The Bertz CT molecular complexity index is 1410. The number of amides is 1. The van der Waals surface area contributed by atoms with Crippen LogP contribution in [-0.4, -0.2) is 48.5 Å². The van der Waals surface area contributed by atoms with Crippen molar-refractivity contribution in [3.8, 4) is 17.0 Å². The van der Waals surface area contributed by atoms with Crippen LogP contribution >= 0.6 is 0 Å². The molecule has 38 heavy (non-hydrogen) atoms. The molecule has 14 heteroatoms. The number of pyridine rings is 1. The normalized spacial score (nSPS) is 17.8. The molecule has 1 aromatic heterocycles. The molecule has 1 amide bonds. The molecular weight excluding hydrogens is 540 g/mol. The number of carbonyl (C=O) groups is 1. The van der Waals surface area contributed by atoms with Gasteiger partial charge in [-0.2, -0.15) is 4.31 Å². The zero-order valence-electron chi connectivity index (χ0n) is 19.3. The second-order valence-corrected chi connectivity index (χ2v) is 10.3. The highest BCUT2D eigenvalue weighted by atomic mass is 32.2. The number of rotatable bonds is 7. The average molecular weight is 559 g/mol. The number of hydrogen-bond acceptors (Lipinski definition) is 5. The molecule has 7 nitrogen and oxygen atoms in total. The van der Waals surface area contributed by atoms with Crippen molar-refractivity contribution >= 4 is 15.9 Å². The zero-order valence-corrected chi connectivity index (χ0v) is 20.1. The van der Waals surface area contributed by atoms with Gasteiger partial charge in [0.1, 0.15) is 17.6 Å². The van der Waals surface area contributed by atoms with Crippen LogP contribution in [0.3, 0.4) is 0 Å². The average Bonchev–Trinajstić information content (AvgIpc) is 3.19. The standard InChI is InChI=1S/C24H19F6N3O4S/c25-17-3-7-19(8-4-17)38(35,36)33-14-23(26,27)12-21(33)22(34)32-13-15-9-10-31-20(11-15)16-1-5-18(6-2-16)37-24(28,29)30/h1-11,21H,12-14H2,(H,32,34). The molecule has 202 valence electrons. The number of aromatic nitrogens is 1. The van der Waals surface area contributed by atoms with Gasteiger partial charge in [-0.15, -0.1) is 13.2 Å². The summed E-state index contributed by atoms with van der Waals surface area (Å²) in [7, 11) is -4.53. The van der Waals surface area contributed by atoms with Crippen molar-refractivity contribution in [3.63, 3.8) is 0 Å². The molecular formula is C24H19F6N3O4S. The largest absolute Gasteiger partial charge is 0.573 e. The highest BCUT2D eigenvalue weighted by molar-refractivity contribution is 7.89. The van der Waals surface area contributed by atoms with Crippen molar-refractivity contribution in [1.29, 1.82) is 0 Å². The highest BCUT2D eigenvalue weighted by Gasteiger charge is 2.52. The molecule has 1 N–H and O–H groups in total. The van der Waals surface area contributed by atoms with Crippen LogP contribution in [0, 0.1) is 5.82 Å². The topological polar surface area (TPSA) is 88.6 Å². The monoisotopic (exact) mass is 559 g/mol. The number of carbonyl (C=O) groups excluding carboxylic acids is 1. The molecule has 0 aliphatic carbocycles. The second kappa shape index (κ2) is 10.3. The van der Waals surface area contributed by atoms with Crippen LogP contribution in [0.5, 0.6) is 5.75 Å². The van der Waals surface area contributed by atoms with E-state index in [-0.39, 0.29) is 6.54 Å². The van der Waals surface area contributed by atoms with Crippen LogP contribution in [0.4, 0.5) is 26.3 Å². The lowest BCUT2D eigenvalue weighted by Crippen LogP contribution is -2.45. The lowest BCUT2D eigenvalue weighted by atomic mass is 10.1. The lowest BCUT2D eigenvalue weighted by Gasteiger charge is -2.22. The number of nitrogens with zero attached hydrogens (tertiary/aromatic N) is 2. The van der Waals surface area contributed by atoms with E-state index in [0.29, 0.717) is 21.1 Å². The molecule has 1 aliphatic rings. The summed E-state index contributed by atoms with van der Waals surface area (Å²) in [4.78, 5) is 16.5. The molecule has 3 aromatic rings. The Morgan fingerprint density at radius 3 is 2.37 bits per heavy atom. The van der Waals surface area contributed by atoms with Gasteiger partial charge in [-0.05, 0) is 66.2 Å². The molecule has 2 aromatic carbocycles. The molecule has 0 saturated carbocycles. The molecule has 0 bridgehead atoms. The number of hydrogen-bond donors (Lipinski definition) is 1. The molecule has 1 unspecified atom stereocenters. The predicted molar refractivity (Wildman–Crippen MR) is 122 cm³/mol. The SMILES string of the molecule is O=C(NCc1ccnc(-c2ccc(OC(F)(F)F)cc2)c1)C1CC(F)(F)CN1S(=O)(=O)c1ccc(F)cc1. The number of nitrogens with one attached hydrogen (secondary N) is 1. The molecule has 1 atom stereocenters. The third-order valence-corrected chi connectivity index (χ3v) is 7.49. The molecule has 1 fully saturated rings. The van der Waals surface area contributed by atoms with Gasteiger partial charge < -0.3 is 10.1 Å². The summed E-state index contributed by atoms with van der Waals surface area (Å²) >= 11 is 0. The van der Waals surface area contributed by atoms with Crippen molar-refractivity contribution in [1.82, 2.24) is 14.6 Å². The van der Waals surface area contributed by atoms with Gasteiger partial charge in [0, 0.05) is 24.7 Å². The Labute approximate surface area is 213 Å². The first-order valence-electron chi connectivity index (χ1n) is 11.0. The van der Waals surface area contributed by atoms with E-state index in [9.17, 15) is 39.6 Å². The van der Waals surface area contributed by atoms with E-state index in [0.717, 1.165) is 36.4 Å². The van der Waals surface area contributed by atoms with Gasteiger partial charge in [0.05, 0.1) is 17.1 Å². The Morgan fingerprint density at radius 1 is 1.08 bits per heavy atom. The summed E-state index contributed by atoms with van der Waals surface area (Å²) in [5.74, 6) is -5.55. The van der Waals surface area contributed by atoms with Crippen molar-refractivity contribution in [2.24, 2.45) is 0 Å².